The number of benzene rings is 1. The molecule has 0 spiro atoms. The zero-order valence-corrected chi connectivity index (χ0v) is 14.3. The van der Waals surface area contributed by atoms with E-state index in [0.717, 1.165) is 16.6 Å². The summed E-state index contributed by atoms with van der Waals surface area (Å²) in [4.78, 5) is 30.0. The number of aromatic carboxylic acids is 1. The number of carboxylic acids is 1. The molecule has 132 valence electrons. The van der Waals surface area contributed by atoms with Crippen LogP contribution in [0.15, 0.2) is 48.1 Å². The summed E-state index contributed by atoms with van der Waals surface area (Å²) in [5.74, 6) is -0.504. The maximum Gasteiger partial charge on any atom is 0.335 e. The highest BCUT2D eigenvalue weighted by Gasteiger charge is 2.17. The largest absolute Gasteiger partial charge is 0.478 e. The summed E-state index contributed by atoms with van der Waals surface area (Å²) < 4.78 is 0. The van der Waals surface area contributed by atoms with E-state index in [4.69, 9.17) is 5.11 Å². The predicted octanol–water partition coefficient (Wildman–Crippen LogP) is 3.47. The first-order valence-corrected chi connectivity index (χ1v) is 8.53. The Morgan fingerprint density at radius 3 is 2.73 bits per heavy atom. The normalized spacial score (nSPS) is 10.5. The molecule has 8 nitrogen and oxygen atoms in total. The topological polar surface area (TPSA) is 118 Å². The molecule has 2 aromatic heterocycles. The Bertz CT molecular complexity index is 943. The molecule has 0 saturated carbocycles. The molecule has 26 heavy (non-hydrogen) atoms. The van der Waals surface area contributed by atoms with Crippen molar-refractivity contribution in [1.29, 1.82) is 0 Å². The first-order chi connectivity index (χ1) is 12.5. The molecule has 1 aromatic carbocycles. The number of rotatable bonds is 7. The first-order valence-electron chi connectivity index (χ1n) is 7.65. The van der Waals surface area contributed by atoms with Crippen LogP contribution in [0.3, 0.4) is 0 Å². The number of thiazole rings is 1. The summed E-state index contributed by atoms with van der Waals surface area (Å²) in [5.41, 5.74) is 1.15. The molecule has 0 radical (unpaired) electrons. The summed E-state index contributed by atoms with van der Waals surface area (Å²) >= 11 is 1.49. The monoisotopic (exact) mass is 370 g/mol. The van der Waals surface area contributed by atoms with Crippen LogP contribution >= 0.6 is 11.3 Å². The van der Waals surface area contributed by atoms with Crippen molar-refractivity contribution in [3.05, 3.63) is 69.3 Å². The Morgan fingerprint density at radius 2 is 2.04 bits per heavy atom. The maximum atomic E-state index is 11.2. The van der Waals surface area contributed by atoms with Crippen LogP contribution in [0, 0.1) is 10.1 Å². The molecule has 2 N–H and O–H groups in total. The fraction of sp³-hybridized carbons (Fsp3) is 0.118. The van der Waals surface area contributed by atoms with E-state index in [1.807, 2.05) is 17.5 Å². The molecule has 0 aliphatic heterocycles. The minimum Gasteiger partial charge on any atom is -0.478 e. The van der Waals surface area contributed by atoms with Gasteiger partial charge in [-0.3, -0.25) is 15.1 Å². The lowest BCUT2D eigenvalue weighted by atomic mass is 10.1. The van der Waals surface area contributed by atoms with E-state index in [1.54, 1.807) is 12.4 Å². The van der Waals surface area contributed by atoms with Crippen LogP contribution in [0.1, 0.15) is 15.9 Å². The van der Waals surface area contributed by atoms with Crippen molar-refractivity contribution in [3.8, 4) is 10.6 Å². The molecule has 0 amide bonds. The molecule has 2 heterocycles. The lowest BCUT2D eigenvalue weighted by Gasteiger charge is -2.05. The molecule has 0 saturated heterocycles. The molecular weight excluding hydrogens is 356 g/mol. The number of nitrogens with zero attached hydrogens (tertiary/aromatic N) is 3. The smallest absolute Gasteiger partial charge is 0.335 e. The van der Waals surface area contributed by atoms with Gasteiger partial charge in [0, 0.05) is 41.5 Å². The lowest BCUT2D eigenvalue weighted by molar-refractivity contribution is -0.385. The van der Waals surface area contributed by atoms with Gasteiger partial charge in [0.2, 0.25) is 0 Å². The summed E-state index contributed by atoms with van der Waals surface area (Å²) in [5, 5.41) is 26.0. The molecule has 3 aromatic rings. The Balaban J connectivity index is 1.66. The number of anilines is 1. The second-order valence-corrected chi connectivity index (χ2v) is 6.21. The third kappa shape index (κ3) is 4.01. The summed E-state index contributed by atoms with van der Waals surface area (Å²) in [7, 11) is 0. The quantitative estimate of drug-likeness (QED) is 0.483. The number of nitro benzene ring substituents is 1. The van der Waals surface area contributed by atoms with E-state index in [0.29, 0.717) is 24.3 Å². The molecule has 0 bridgehead atoms. The van der Waals surface area contributed by atoms with Gasteiger partial charge in [-0.25, -0.2) is 9.78 Å². The fourth-order valence-corrected chi connectivity index (χ4v) is 3.17. The van der Waals surface area contributed by atoms with Crippen molar-refractivity contribution in [1.82, 2.24) is 9.97 Å². The third-order valence-corrected chi connectivity index (χ3v) is 4.55. The second-order valence-electron chi connectivity index (χ2n) is 5.36. The van der Waals surface area contributed by atoms with E-state index >= 15 is 0 Å². The number of carbonyl (C=O) groups is 1. The highest BCUT2D eigenvalue weighted by Crippen LogP contribution is 2.25. The standard InChI is InChI=1S/C17H14N4O4S/c22-17(23)13-2-1-11(14(9-13)21(24)25)5-8-19-15-10-26-16(20-15)12-3-6-18-7-4-12/h1-4,6-7,9-10,19H,5,8H2,(H,22,23). The highest BCUT2D eigenvalue weighted by atomic mass is 32.1. The van der Waals surface area contributed by atoms with Crippen LogP contribution in [0.2, 0.25) is 0 Å². The molecule has 0 aliphatic carbocycles. The number of nitro groups is 1. The van der Waals surface area contributed by atoms with Gasteiger partial charge in [0.05, 0.1) is 10.5 Å². The molecule has 9 heteroatoms. The van der Waals surface area contributed by atoms with Crippen molar-refractivity contribution in [3.63, 3.8) is 0 Å². The number of hydrogen-bond donors (Lipinski definition) is 2. The summed E-state index contributed by atoms with van der Waals surface area (Å²) in [6, 6.07) is 7.68. The minimum absolute atomic E-state index is 0.102. The second kappa shape index (κ2) is 7.70. The third-order valence-electron chi connectivity index (χ3n) is 3.66. The van der Waals surface area contributed by atoms with Crippen molar-refractivity contribution in [2.45, 2.75) is 6.42 Å². The number of nitrogens with one attached hydrogen (secondary N) is 1. The van der Waals surface area contributed by atoms with Crippen LogP contribution in [-0.2, 0) is 6.42 Å². The lowest BCUT2D eigenvalue weighted by Crippen LogP contribution is -2.08. The fourth-order valence-electron chi connectivity index (χ4n) is 2.39. The van der Waals surface area contributed by atoms with E-state index in [2.05, 4.69) is 15.3 Å². The van der Waals surface area contributed by atoms with E-state index in [-0.39, 0.29) is 11.3 Å². The van der Waals surface area contributed by atoms with Gasteiger partial charge in [-0.1, -0.05) is 6.07 Å². The van der Waals surface area contributed by atoms with Gasteiger partial charge in [-0.05, 0) is 24.6 Å². The van der Waals surface area contributed by atoms with Gasteiger partial charge in [0.1, 0.15) is 10.8 Å². The van der Waals surface area contributed by atoms with Gasteiger partial charge in [0.15, 0.2) is 0 Å². The SMILES string of the molecule is O=C(O)c1ccc(CCNc2csc(-c3ccncc3)n2)c([N+](=O)[O-])c1. The van der Waals surface area contributed by atoms with Crippen molar-refractivity contribution in [2.24, 2.45) is 0 Å². The van der Waals surface area contributed by atoms with E-state index in [9.17, 15) is 14.9 Å². The molecular formula is C17H14N4O4S. The predicted molar refractivity (Wildman–Crippen MR) is 97.6 cm³/mol. The number of hydrogen-bond acceptors (Lipinski definition) is 7. The maximum absolute atomic E-state index is 11.2. The van der Waals surface area contributed by atoms with Gasteiger partial charge in [-0.2, -0.15) is 0 Å². The highest BCUT2D eigenvalue weighted by molar-refractivity contribution is 7.13. The van der Waals surface area contributed by atoms with Crippen LogP contribution in [0.25, 0.3) is 10.6 Å². The Kier molecular flexibility index (Phi) is 5.18. The Morgan fingerprint density at radius 1 is 1.27 bits per heavy atom. The average Bonchev–Trinajstić information content (AvgIpc) is 3.11. The zero-order valence-electron chi connectivity index (χ0n) is 13.5. The van der Waals surface area contributed by atoms with Crippen LogP contribution in [0.5, 0.6) is 0 Å². The molecule has 0 fully saturated rings. The van der Waals surface area contributed by atoms with Gasteiger partial charge in [0.25, 0.3) is 5.69 Å². The molecule has 3 rings (SSSR count). The first kappa shape index (κ1) is 17.5. The van der Waals surface area contributed by atoms with Crippen LogP contribution < -0.4 is 5.32 Å². The van der Waals surface area contributed by atoms with Crippen molar-refractivity contribution >= 4 is 28.8 Å². The summed E-state index contributed by atoms with van der Waals surface area (Å²) in [6.45, 7) is 0.437. The number of carboxylic acid groups (broad SMARTS) is 1. The molecule has 0 aliphatic rings. The summed E-state index contributed by atoms with van der Waals surface area (Å²) in [6.07, 6.45) is 3.77. The minimum atomic E-state index is -1.19. The van der Waals surface area contributed by atoms with Gasteiger partial charge >= 0.3 is 5.97 Å². The number of pyridine rings is 1. The number of aromatic nitrogens is 2. The molecule has 0 atom stereocenters. The van der Waals surface area contributed by atoms with Crippen LogP contribution in [-0.4, -0.2) is 32.5 Å². The zero-order chi connectivity index (χ0) is 18.5. The van der Waals surface area contributed by atoms with Gasteiger partial charge < -0.3 is 10.4 Å². The Hall–Kier alpha value is -3.33. The van der Waals surface area contributed by atoms with Crippen molar-refractivity contribution in [2.75, 3.05) is 11.9 Å². The van der Waals surface area contributed by atoms with Crippen molar-refractivity contribution < 1.29 is 14.8 Å². The van der Waals surface area contributed by atoms with Crippen LogP contribution in [0.4, 0.5) is 11.5 Å². The molecule has 0 unspecified atom stereocenters. The van der Waals surface area contributed by atoms with E-state index < -0.39 is 10.9 Å². The van der Waals surface area contributed by atoms with Gasteiger partial charge in [-0.15, -0.1) is 11.3 Å². The van der Waals surface area contributed by atoms with E-state index in [1.165, 1.54) is 23.5 Å². The Labute approximate surface area is 152 Å². The average molecular weight is 370 g/mol.